The Morgan fingerprint density at radius 2 is 2.05 bits per heavy atom. The summed E-state index contributed by atoms with van der Waals surface area (Å²) >= 11 is 5.92. The smallest absolute Gasteiger partial charge is 0.234 e. The van der Waals surface area contributed by atoms with Crippen LogP contribution in [0.3, 0.4) is 0 Å². The zero-order valence-electron chi connectivity index (χ0n) is 11.7. The monoisotopic (exact) mass is 303 g/mol. The van der Waals surface area contributed by atoms with E-state index in [0.717, 1.165) is 29.1 Å². The first-order chi connectivity index (χ1) is 10.2. The molecule has 5 heteroatoms. The summed E-state index contributed by atoms with van der Waals surface area (Å²) in [6.07, 6.45) is 4.30. The number of carbonyl (C=O) groups is 1. The highest BCUT2D eigenvalue weighted by atomic mass is 35.5. The number of benzene rings is 1. The van der Waals surface area contributed by atoms with Crippen LogP contribution in [0.1, 0.15) is 11.1 Å². The third-order valence-electron chi connectivity index (χ3n) is 2.98. The van der Waals surface area contributed by atoms with Crippen LogP contribution in [-0.2, 0) is 17.8 Å². The van der Waals surface area contributed by atoms with Gasteiger partial charge in [0.2, 0.25) is 5.91 Å². The van der Waals surface area contributed by atoms with Crippen molar-refractivity contribution in [3.8, 4) is 0 Å². The molecule has 0 fully saturated rings. The fourth-order valence-electron chi connectivity index (χ4n) is 1.89. The molecule has 2 N–H and O–H groups in total. The number of pyridine rings is 1. The van der Waals surface area contributed by atoms with Crippen LogP contribution in [0.25, 0.3) is 0 Å². The molecular weight excluding hydrogens is 286 g/mol. The van der Waals surface area contributed by atoms with Crippen molar-refractivity contribution >= 4 is 17.5 Å². The summed E-state index contributed by atoms with van der Waals surface area (Å²) < 4.78 is 0. The second-order valence-electron chi connectivity index (χ2n) is 4.69. The Hall–Kier alpha value is -1.91. The van der Waals surface area contributed by atoms with Gasteiger partial charge in [-0.3, -0.25) is 9.78 Å². The van der Waals surface area contributed by atoms with Gasteiger partial charge in [0, 0.05) is 24.0 Å². The Morgan fingerprint density at radius 1 is 1.19 bits per heavy atom. The first-order valence-electron chi connectivity index (χ1n) is 6.85. The molecule has 0 saturated carbocycles. The third-order valence-corrected chi connectivity index (χ3v) is 3.21. The standard InChI is InChI=1S/C16H18ClN3O/c17-15-5-1-3-13(9-15)6-8-19-12-16(21)20-11-14-4-2-7-18-10-14/h1-5,7,9-10,19H,6,8,11-12H2,(H,20,21). The molecule has 0 unspecified atom stereocenters. The number of halogens is 1. The van der Waals surface area contributed by atoms with Gasteiger partial charge in [0.25, 0.3) is 0 Å². The lowest BCUT2D eigenvalue weighted by molar-refractivity contribution is -0.120. The SMILES string of the molecule is O=C(CNCCc1cccc(Cl)c1)NCc1cccnc1. The number of nitrogens with zero attached hydrogens (tertiary/aromatic N) is 1. The van der Waals surface area contributed by atoms with Gasteiger partial charge >= 0.3 is 0 Å². The van der Waals surface area contributed by atoms with Crippen molar-refractivity contribution in [2.75, 3.05) is 13.1 Å². The van der Waals surface area contributed by atoms with Crippen LogP contribution < -0.4 is 10.6 Å². The maximum absolute atomic E-state index is 11.7. The fourth-order valence-corrected chi connectivity index (χ4v) is 2.11. The zero-order valence-corrected chi connectivity index (χ0v) is 12.4. The molecule has 110 valence electrons. The average Bonchev–Trinajstić information content (AvgIpc) is 2.51. The van der Waals surface area contributed by atoms with Gasteiger partial charge in [-0.1, -0.05) is 29.8 Å². The van der Waals surface area contributed by atoms with E-state index in [1.807, 2.05) is 36.4 Å². The highest BCUT2D eigenvalue weighted by Crippen LogP contribution is 2.10. The van der Waals surface area contributed by atoms with Crippen molar-refractivity contribution in [3.05, 3.63) is 64.9 Å². The summed E-state index contributed by atoms with van der Waals surface area (Å²) in [4.78, 5) is 15.7. The summed E-state index contributed by atoms with van der Waals surface area (Å²) in [5.41, 5.74) is 2.15. The van der Waals surface area contributed by atoms with Crippen molar-refractivity contribution < 1.29 is 4.79 Å². The van der Waals surface area contributed by atoms with E-state index in [2.05, 4.69) is 15.6 Å². The van der Waals surface area contributed by atoms with Crippen molar-refractivity contribution in [2.45, 2.75) is 13.0 Å². The topological polar surface area (TPSA) is 54.0 Å². The third kappa shape index (κ3) is 5.94. The molecule has 0 aliphatic rings. The van der Waals surface area contributed by atoms with E-state index in [0.29, 0.717) is 13.1 Å². The number of hydrogen-bond donors (Lipinski definition) is 2. The van der Waals surface area contributed by atoms with Crippen molar-refractivity contribution in [1.82, 2.24) is 15.6 Å². The predicted molar refractivity (Wildman–Crippen MR) is 84.1 cm³/mol. The van der Waals surface area contributed by atoms with Gasteiger partial charge in [-0.2, -0.15) is 0 Å². The van der Waals surface area contributed by atoms with Gasteiger partial charge in [0.1, 0.15) is 0 Å². The van der Waals surface area contributed by atoms with E-state index in [9.17, 15) is 4.79 Å². The summed E-state index contributed by atoms with van der Waals surface area (Å²) in [5, 5.41) is 6.70. The Bertz CT molecular complexity index is 575. The van der Waals surface area contributed by atoms with Crippen LogP contribution in [-0.4, -0.2) is 24.0 Å². The van der Waals surface area contributed by atoms with E-state index >= 15 is 0 Å². The van der Waals surface area contributed by atoms with Gasteiger partial charge in [-0.25, -0.2) is 0 Å². The Morgan fingerprint density at radius 3 is 2.81 bits per heavy atom. The number of nitrogens with one attached hydrogen (secondary N) is 2. The predicted octanol–water partition coefficient (Wildman–Crippen LogP) is 2.18. The van der Waals surface area contributed by atoms with Crippen molar-refractivity contribution in [2.24, 2.45) is 0 Å². The lowest BCUT2D eigenvalue weighted by Crippen LogP contribution is -2.34. The number of amides is 1. The van der Waals surface area contributed by atoms with Crippen LogP contribution in [0, 0.1) is 0 Å². The summed E-state index contributed by atoms with van der Waals surface area (Å²) in [6, 6.07) is 11.5. The minimum atomic E-state index is -0.0232. The maximum Gasteiger partial charge on any atom is 0.234 e. The van der Waals surface area contributed by atoms with Gasteiger partial charge < -0.3 is 10.6 Å². The first-order valence-corrected chi connectivity index (χ1v) is 7.22. The quantitative estimate of drug-likeness (QED) is 0.771. The molecule has 0 atom stereocenters. The number of hydrogen-bond acceptors (Lipinski definition) is 3. The lowest BCUT2D eigenvalue weighted by Gasteiger charge is -2.07. The summed E-state index contributed by atoms with van der Waals surface area (Å²) in [5.74, 6) is -0.0232. The zero-order chi connectivity index (χ0) is 14.9. The molecule has 1 heterocycles. The molecule has 2 aromatic rings. The number of rotatable bonds is 7. The van der Waals surface area contributed by atoms with Crippen LogP contribution in [0.2, 0.25) is 5.02 Å². The Balaban J connectivity index is 1.61. The van der Waals surface area contributed by atoms with E-state index in [4.69, 9.17) is 11.6 Å². The molecule has 4 nitrogen and oxygen atoms in total. The molecule has 0 spiro atoms. The molecule has 0 radical (unpaired) electrons. The minimum absolute atomic E-state index is 0.0232. The van der Waals surface area contributed by atoms with Gasteiger partial charge in [0.15, 0.2) is 0 Å². The molecule has 1 aromatic carbocycles. The molecule has 0 bridgehead atoms. The normalized spacial score (nSPS) is 10.3. The van der Waals surface area contributed by atoms with E-state index in [-0.39, 0.29) is 5.91 Å². The molecule has 0 aliphatic carbocycles. The minimum Gasteiger partial charge on any atom is -0.351 e. The highest BCUT2D eigenvalue weighted by molar-refractivity contribution is 6.30. The molecule has 1 aromatic heterocycles. The van der Waals surface area contributed by atoms with Crippen LogP contribution >= 0.6 is 11.6 Å². The van der Waals surface area contributed by atoms with Gasteiger partial charge in [-0.05, 0) is 42.3 Å². The van der Waals surface area contributed by atoms with Gasteiger partial charge in [0.05, 0.1) is 6.54 Å². The number of carbonyl (C=O) groups excluding carboxylic acids is 1. The molecule has 1 amide bonds. The summed E-state index contributed by atoms with van der Waals surface area (Å²) in [6.45, 7) is 1.55. The summed E-state index contributed by atoms with van der Waals surface area (Å²) in [7, 11) is 0. The Labute approximate surface area is 129 Å². The lowest BCUT2D eigenvalue weighted by atomic mass is 10.1. The van der Waals surface area contributed by atoms with Crippen LogP contribution in [0.5, 0.6) is 0 Å². The van der Waals surface area contributed by atoms with Crippen LogP contribution in [0.4, 0.5) is 0 Å². The van der Waals surface area contributed by atoms with Gasteiger partial charge in [-0.15, -0.1) is 0 Å². The first kappa shape index (κ1) is 15.5. The fraction of sp³-hybridized carbons (Fsp3) is 0.250. The molecule has 2 rings (SSSR count). The molecule has 0 aliphatic heterocycles. The maximum atomic E-state index is 11.7. The Kier molecular flexibility index (Phi) is 6.19. The molecule has 21 heavy (non-hydrogen) atoms. The van der Waals surface area contributed by atoms with E-state index < -0.39 is 0 Å². The van der Waals surface area contributed by atoms with E-state index in [1.165, 1.54) is 0 Å². The molecule has 0 saturated heterocycles. The second kappa shape index (κ2) is 8.39. The number of aromatic nitrogens is 1. The highest BCUT2D eigenvalue weighted by Gasteiger charge is 2.01. The second-order valence-corrected chi connectivity index (χ2v) is 5.13. The van der Waals surface area contributed by atoms with Crippen molar-refractivity contribution in [3.63, 3.8) is 0 Å². The average molecular weight is 304 g/mol. The van der Waals surface area contributed by atoms with E-state index in [1.54, 1.807) is 12.4 Å². The van der Waals surface area contributed by atoms with Crippen LogP contribution in [0.15, 0.2) is 48.8 Å². The largest absolute Gasteiger partial charge is 0.351 e. The molecular formula is C16H18ClN3O. The van der Waals surface area contributed by atoms with Crippen molar-refractivity contribution in [1.29, 1.82) is 0 Å².